The summed E-state index contributed by atoms with van der Waals surface area (Å²) in [5.41, 5.74) is 2.67. The van der Waals surface area contributed by atoms with E-state index in [1.165, 1.54) is 45.4 Å². The van der Waals surface area contributed by atoms with Gasteiger partial charge in [-0.2, -0.15) is 0 Å². The lowest BCUT2D eigenvalue weighted by Crippen LogP contribution is -2.31. The number of halogens is 1. The van der Waals surface area contributed by atoms with Crippen molar-refractivity contribution in [2.45, 2.75) is 78.3 Å². The molecule has 5 rings (SSSR count). The van der Waals surface area contributed by atoms with E-state index in [0.717, 1.165) is 24.3 Å². The van der Waals surface area contributed by atoms with E-state index in [4.69, 9.17) is 9.72 Å². The van der Waals surface area contributed by atoms with Gasteiger partial charge in [-0.3, -0.25) is 0 Å². The van der Waals surface area contributed by atoms with E-state index in [1.54, 1.807) is 13.0 Å². The van der Waals surface area contributed by atoms with Crippen molar-refractivity contribution in [2.75, 3.05) is 12.4 Å². The monoisotopic (exact) mass is 520 g/mol. The molecule has 2 aliphatic rings. The molecule has 0 amide bonds. The fourth-order valence-corrected chi connectivity index (χ4v) is 5.62. The first-order valence-corrected chi connectivity index (χ1v) is 13.7. The molecule has 1 atom stereocenters. The normalized spacial score (nSPS) is 20.7. The van der Waals surface area contributed by atoms with Gasteiger partial charge in [0.1, 0.15) is 17.0 Å². The zero-order valence-electron chi connectivity index (χ0n) is 22.8. The van der Waals surface area contributed by atoms with E-state index in [0.29, 0.717) is 52.5 Å². The number of aromatic nitrogens is 5. The molecule has 0 bridgehead atoms. The number of esters is 1. The first kappa shape index (κ1) is 26.3. The third-order valence-corrected chi connectivity index (χ3v) is 8.31. The van der Waals surface area contributed by atoms with E-state index < -0.39 is 11.8 Å². The summed E-state index contributed by atoms with van der Waals surface area (Å²) in [5.74, 6) is 1.81. The number of hydrogen-bond donors (Lipinski definition) is 1. The van der Waals surface area contributed by atoms with Gasteiger partial charge in [0.25, 0.3) is 0 Å². The minimum absolute atomic E-state index is 0.0410. The topological polar surface area (TPSA) is 94.8 Å². The number of anilines is 1. The van der Waals surface area contributed by atoms with Gasteiger partial charge in [-0.05, 0) is 68.9 Å². The van der Waals surface area contributed by atoms with Crippen LogP contribution in [0, 0.1) is 23.6 Å². The van der Waals surface area contributed by atoms with Gasteiger partial charge in [-0.15, -0.1) is 0 Å². The van der Waals surface area contributed by atoms with Gasteiger partial charge >= 0.3 is 5.97 Å². The molecular weight excluding hydrogens is 483 g/mol. The molecule has 0 aliphatic heterocycles. The Hall–Kier alpha value is -3.36. The molecule has 3 aromatic rings. The molecule has 0 unspecified atom stereocenters. The predicted octanol–water partition coefficient (Wildman–Crippen LogP) is 6.27. The Kier molecular flexibility index (Phi) is 7.45. The van der Waals surface area contributed by atoms with Crippen molar-refractivity contribution in [3.8, 4) is 11.5 Å². The first-order valence-electron chi connectivity index (χ1n) is 13.7. The highest BCUT2D eigenvalue weighted by atomic mass is 19.1. The summed E-state index contributed by atoms with van der Waals surface area (Å²) in [7, 11) is 1.32. The number of nitrogens with one attached hydrogen (secondary N) is 1. The third kappa shape index (κ3) is 5.15. The van der Waals surface area contributed by atoms with Crippen molar-refractivity contribution in [1.29, 1.82) is 0 Å². The molecule has 2 saturated carbocycles. The molecule has 9 heteroatoms. The lowest BCUT2D eigenvalue weighted by atomic mass is 9.80. The summed E-state index contributed by atoms with van der Waals surface area (Å²) in [5, 5.41) is 3.58. The van der Waals surface area contributed by atoms with Crippen LogP contribution in [0.1, 0.15) is 81.9 Å². The van der Waals surface area contributed by atoms with Crippen LogP contribution < -0.4 is 5.32 Å². The second-order valence-electron chi connectivity index (χ2n) is 11.2. The Bertz CT molecular complexity index is 1360. The number of ether oxygens (including phenoxy) is 1. The number of rotatable bonds is 8. The molecule has 2 fully saturated rings. The van der Waals surface area contributed by atoms with Crippen LogP contribution in [0.5, 0.6) is 0 Å². The fourth-order valence-electron chi connectivity index (χ4n) is 5.62. The lowest BCUT2D eigenvalue weighted by Gasteiger charge is -2.32. The van der Waals surface area contributed by atoms with Crippen LogP contribution in [-0.2, 0) is 11.3 Å². The van der Waals surface area contributed by atoms with Crippen LogP contribution in [0.25, 0.3) is 28.3 Å². The highest BCUT2D eigenvalue weighted by Crippen LogP contribution is 2.36. The van der Waals surface area contributed by atoms with Gasteiger partial charge in [-0.25, -0.2) is 29.1 Å². The van der Waals surface area contributed by atoms with Gasteiger partial charge in [0.05, 0.1) is 13.3 Å². The Morgan fingerprint density at radius 3 is 2.58 bits per heavy atom. The second-order valence-corrected chi connectivity index (χ2v) is 11.2. The molecule has 0 saturated heterocycles. The van der Waals surface area contributed by atoms with Gasteiger partial charge < -0.3 is 14.6 Å². The van der Waals surface area contributed by atoms with E-state index >= 15 is 0 Å². The number of nitrogens with zero attached hydrogens (tertiary/aromatic N) is 5. The summed E-state index contributed by atoms with van der Waals surface area (Å²) in [6, 6.07) is 1.87. The Labute approximate surface area is 223 Å². The Balaban J connectivity index is 1.68. The molecule has 0 radical (unpaired) electrons. The van der Waals surface area contributed by atoms with Crippen LogP contribution in [0.3, 0.4) is 0 Å². The number of carbonyl (C=O) groups excluding carboxylic acids is 1. The summed E-state index contributed by atoms with van der Waals surface area (Å²) in [6.45, 7) is 10.9. The maximum Gasteiger partial charge on any atom is 0.376 e. The van der Waals surface area contributed by atoms with E-state index in [1.807, 2.05) is 0 Å². The molecule has 202 valence electrons. The standard InChI is InChI=1S/C29H37FN6O2/c1-16(2)21-13-23(31-14-22(21)30)28-35-26-24(36(28)15-19-11-9-17(3)10-12-19)25(32-18(4)20-7-6-8-20)33-27(34-26)29(37)38-5/h13-14,17-20H,1,6-12,15H2,2-5H3,(H,32,33,34)/t17?,18-,19?/m1/s1. The quantitative estimate of drug-likeness (QED) is 0.350. The van der Waals surface area contributed by atoms with E-state index in [-0.39, 0.29) is 11.9 Å². The third-order valence-electron chi connectivity index (χ3n) is 8.31. The predicted molar refractivity (Wildman–Crippen MR) is 146 cm³/mol. The number of allylic oxidation sites excluding steroid dienone is 1. The smallest absolute Gasteiger partial charge is 0.376 e. The second kappa shape index (κ2) is 10.8. The Morgan fingerprint density at radius 1 is 1.21 bits per heavy atom. The van der Waals surface area contributed by atoms with Gasteiger partial charge in [0.15, 0.2) is 17.3 Å². The van der Waals surface area contributed by atoms with Crippen molar-refractivity contribution >= 4 is 28.5 Å². The average molecular weight is 521 g/mol. The van der Waals surface area contributed by atoms with Crippen molar-refractivity contribution < 1.29 is 13.9 Å². The summed E-state index contributed by atoms with van der Waals surface area (Å²) >= 11 is 0. The van der Waals surface area contributed by atoms with Crippen molar-refractivity contribution in [3.05, 3.63) is 36.0 Å². The maximum atomic E-state index is 14.5. The van der Waals surface area contributed by atoms with Crippen molar-refractivity contribution in [2.24, 2.45) is 17.8 Å². The van der Waals surface area contributed by atoms with E-state index in [2.05, 4.69) is 45.3 Å². The molecule has 0 aromatic carbocycles. The maximum absolute atomic E-state index is 14.5. The van der Waals surface area contributed by atoms with Gasteiger partial charge in [0.2, 0.25) is 5.82 Å². The summed E-state index contributed by atoms with van der Waals surface area (Å²) in [6.07, 6.45) is 9.40. The number of imidazole rings is 1. The molecule has 1 N–H and O–H groups in total. The highest BCUT2D eigenvalue weighted by Gasteiger charge is 2.29. The summed E-state index contributed by atoms with van der Waals surface area (Å²) in [4.78, 5) is 30.9. The lowest BCUT2D eigenvalue weighted by molar-refractivity contribution is 0.0587. The van der Waals surface area contributed by atoms with Crippen LogP contribution in [0.15, 0.2) is 18.8 Å². The first-order chi connectivity index (χ1) is 18.2. The minimum Gasteiger partial charge on any atom is -0.463 e. The largest absolute Gasteiger partial charge is 0.463 e. The molecule has 2 aliphatic carbocycles. The molecular formula is C29H37FN6O2. The number of pyridine rings is 1. The van der Waals surface area contributed by atoms with Crippen LogP contribution in [0.2, 0.25) is 0 Å². The highest BCUT2D eigenvalue weighted by molar-refractivity contribution is 5.92. The molecule has 8 nitrogen and oxygen atoms in total. The van der Waals surface area contributed by atoms with Crippen LogP contribution in [-0.4, -0.2) is 43.6 Å². The number of carbonyl (C=O) groups is 1. The molecule has 3 aromatic heterocycles. The molecule has 38 heavy (non-hydrogen) atoms. The SMILES string of the molecule is C=C(C)c1cc(-c2nc3nc(C(=O)OC)nc(N[C@H](C)C4CCC4)c3n2CC2CCC(C)CC2)ncc1F. The zero-order valence-corrected chi connectivity index (χ0v) is 22.8. The number of methoxy groups -OCH3 is 1. The van der Waals surface area contributed by atoms with Crippen molar-refractivity contribution in [1.82, 2.24) is 24.5 Å². The van der Waals surface area contributed by atoms with Gasteiger partial charge in [-0.1, -0.05) is 32.8 Å². The van der Waals surface area contributed by atoms with Crippen molar-refractivity contribution in [3.63, 3.8) is 0 Å². The van der Waals surface area contributed by atoms with Crippen LogP contribution >= 0.6 is 0 Å². The fraction of sp³-hybridized carbons (Fsp3) is 0.552. The number of fused-ring (bicyclic) bond motifs is 1. The zero-order chi connectivity index (χ0) is 27.0. The molecule has 3 heterocycles. The van der Waals surface area contributed by atoms with Gasteiger partial charge in [0, 0.05) is 18.2 Å². The number of hydrogen-bond acceptors (Lipinski definition) is 7. The van der Waals surface area contributed by atoms with Crippen LogP contribution in [0.4, 0.5) is 10.2 Å². The minimum atomic E-state index is -0.618. The average Bonchev–Trinajstić information content (AvgIpc) is 3.22. The summed E-state index contributed by atoms with van der Waals surface area (Å²) < 4.78 is 21.6. The molecule has 0 spiro atoms. The Morgan fingerprint density at radius 2 is 1.95 bits per heavy atom. The van der Waals surface area contributed by atoms with E-state index in [9.17, 15) is 9.18 Å².